The molecule has 2 aromatic rings. The van der Waals surface area contributed by atoms with Crippen molar-refractivity contribution < 1.29 is 9.18 Å². The predicted octanol–water partition coefficient (Wildman–Crippen LogP) is 4.78. The summed E-state index contributed by atoms with van der Waals surface area (Å²) in [4.78, 5) is 13.1. The molecule has 0 radical (unpaired) electrons. The van der Waals surface area contributed by atoms with Crippen molar-refractivity contribution in [2.75, 3.05) is 0 Å². The lowest BCUT2D eigenvalue weighted by atomic mass is 10.0. The molecule has 0 aliphatic rings. The highest BCUT2D eigenvalue weighted by Crippen LogP contribution is 2.17. The molecule has 1 aromatic heterocycles. The molecule has 0 atom stereocenters. The minimum Gasteiger partial charge on any atom is -0.299 e. The Kier molecular flexibility index (Phi) is 5.28. The molecule has 4 heteroatoms. The van der Waals surface area contributed by atoms with Crippen molar-refractivity contribution in [3.05, 3.63) is 56.4 Å². The van der Waals surface area contributed by atoms with Gasteiger partial charge in [-0.3, -0.25) is 4.79 Å². The summed E-state index contributed by atoms with van der Waals surface area (Å²) in [5.74, 6) is -0.148. The van der Waals surface area contributed by atoms with Crippen LogP contribution in [0.3, 0.4) is 0 Å². The summed E-state index contributed by atoms with van der Waals surface area (Å²) in [6, 6.07) is 8.71. The number of aryl methyl sites for hydroxylation is 1. The van der Waals surface area contributed by atoms with Gasteiger partial charge in [-0.2, -0.15) is 0 Å². The molecule has 19 heavy (non-hydrogen) atoms. The van der Waals surface area contributed by atoms with Gasteiger partial charge in [0.05, 0.1) is 0 Å². The largest absolute Gasteiger partial charge is 0.299 e. The van der Waals surface area contributed by atoms with Gasteiger partial charge < -0.3 is 0 Å². The summed E-state index contributed by atoms with van der Waals surface area (Å²) in [7, 11) is 0. The van der Waals surface area contributed by atoms with Crippen LogP contribution in [0.25, 0.3) is 0 Å². The number of hydrogen-bond donors (Lipinski definition) is 0. The van der Waals surface area contributed by atoms with Crippen molar-refractivity contribution in [2.45, 2.75) is 25.7 Å². The van der Waals surface area contributed by atoms with Crippen LogP contribution in [0.5, 0.6) is 0 Å². The summed E-state index contributed by atoms with van der Waals surface area (Å²) in [6.07, 6.45) is 2.65. The van der Waals surface area contributed by atoms with Gasteiger partial charge in [0.25, 0.3) is 0 Å². The van der Waals surface area contributed by atoms with E-state index in [0.717, 1.165) is 18.4 Å². The lowest BCUT2D eigenvalue weighted by molar-refractivity contribution is -0.118. The molecule has 0 spiro atoms. The Morgan fingerprint density at radius 2 is 2.16 bits per heavy atom. The van der Waals surface area contributed by atoms with E-state index >= 15 is 0 Å². The van der Waals surface area contributed by atoms with Crippen molar-refractivity contribution >= 4 is 33.0 Å². The van der Waals surface area contributed by atoms with Crippen molar-refractivity contribution in [1.82, 2.24) is 0 Å². The Morgan fingerprint density at radius 1 is 1.32 bits per heavy atom. The van der Waals surface area contributed by atoms with Gasteiger partial charge in [-0.25, -0.2) is 4.39 Å². The molecule has 0 fully saturated rings. The van der Waals surface area contributed by atoms with E-state index in [4.69, 9.17) is 0 Å². The third kappa shape index (κ3) is 4.88. The molecule has 100 valence electrons. The Morgan fingerprint density at radius 3 is 2.84 bits per heavy atom. The van der Waals surface area contributed by atoms with Crippen LogP contribution in [0.1, 0.15) is 23.3 Å². The van der Waals surface area contributed by atoms with Gasteiger partial charge in [0.2, 0.25) is 0 Å². The summed E-state index contributed by atoms with van der Waals surface area (Å²) in [6.45, 7) is 0. The van der Waals surface area contributed by atoms with Crippen LogP contribution < -0.4 is 0 Å². The number of Topliss-reactive ketones (excluding diaryl/α,β-unsaturated/α-hetero) is 1. The van der Waals surface area contributed by atoms with E-state index < -0.39 is 0 Å². The standard InChI is InChI=1S/C15H14BrFOS/c16-12-7-11(8-13(17)10-12)9-14(18)3-1-4-15-5-2-6-19-15/h2,5-8,10H,1,3-4,9H2. The van der Waals surface area contributed by atoms with E-state index in [9.17, 15) is 9.18 Å². The summed E-state index contributed by atoms with van der Waals surface area (Å²) >= 11 is 4.95. The fourth-order valence-corrected chi connectivity index (χ4v) is 3.21. The van der Waals surface area contributed by atoms with Crippen molar-refractivity contribution in [2.24, 2.45) is 0 Å². The molecular weight excluding hydrogens is 327 g/mol. The van der Waals surface area contributed by atoms with Gasteiger partial charge in [0, 0.05) is 22.2 Å². The van der Waals surface area contributed by atoms with Crippen LogP contribution in [0.15, 0.2) is 40.2 Å². The van der Waals surface area contributed by atoms with E-state index in [2.05, 4.69) is 22.0 Å². The quantitative estimate of drug-likeness (QED) is 0.739. The molecule has 0 saturated heterocycles. The van der Waals surface area contributed by atoms with E-state index in [-0.39, 0.29) is 11.6 Å². The minimum atomic E-state index is -0.309. The first-order valence-electron chi connectivity index (χ1n) is 6.12. The van der Waals surface area contributed by atoms with Crippen LogP contribution >= 0.6 is 27.3 Å². The first kappa shape index (κ1) is 14.4. The Bertz CT molecular complexity index is 531. The third-order valence-corrected chi connectivity index (χ3v) is 4.18. The third-order valence-electron chi connectivity index (χ3n) is 2.78. The molecule has 0 saturated carbocycles. The van der Waals surface area contributed by atoms with Crippen LogP contribution in [0.2, 0.25) is 0 Å². The van der Waals surface area contributed by atoms with Crippen molar-refractivity contribution in [1.29, 1.82) is 0 Å². The smallest absolute Gasteiger partial charge is 0.137 e. The zero-order valence-electron chi connectivity index (χ0n) is 10.4. The molecular formula is C15H14BrFOS. The molecule has 0 N–H and O–H groups in total. The second-order valence-corrected chi connectivity index (χ2v) is 6.37. The predicted molar refractivity (Wildman–Crippen MR) is 80.1 cm³/mol. The van der Waals surface area contributed by atoms with Gasteiger partial charge in [-0.1, -0.05) is 22.0 Å². The van der Waals surface area contributed by atoms with Gasteiger partial charge in [0.1, 0.15) is 11.6 Å². The van der Waals surface area contributed by atoms with Gasteiger partial charge in [0.15, 0.2) is 0 Å². The number of benzene rings is 1. The highest BCUT2D eigenvalue weighted by Gasteiger charge is 2.06. The molecule has 1 nitrogen and oxygen atoms in total. The highest BCUT2D eigenvalue weighted by atomic mass is 79.9. The zero-order valence-corrected chi connectivity index (χ0v) is 12.8. The number of hydrogen-bond acceptors (Lipinski definition) is 2. The summed E-state index contributed by atoms with van der Waals surface area (Å²) in [5.41, 5.74) is 0.730. The van der Waals surface area contributed by atoms with E-state index in [1.807, 2.05) is 11.4 Å². The van der Waals surface area contributed by atoms with E-state index in [0.29, 0.717) is 17.3 Å². The SMILES string of the molecule is O=C(CCCc1cccs1)Cc1cc(F)cc(Br)c1. The Labute approximate surface area is 124 Å². The first-order chi connectivity index (χ1) is 9.13. The lowest BCUT2D eigenvalue weighted by Gasteiger charge is -2.03. The topological polar surface area (TPSA) is 17.1 Å². The number of ketones is 1. The summed E-state index contributed by atoms with van der Waals surface area (Å²) < 4.78 is 13.9. The number of thiophene rings is 1. The minimum absolute atomic E-state index is 0.161. The molecule has 2 rings (SSSR count). The van der Waals surface area contributed by atoms with E-state index in [1.165, 1.54) is 17.0 Å². The van der Waals surface area contributed by atoms with Crippen LogP contribution in [-0.4, -0.2) is 5.78 Å². The molecule has 1 heterocycles. The number of carbonyl (C=O) groups is 1. The first-order valence-corrected chi connectivity index (χ1v) is 7.80. The maximum Gasteiger partial charge on any atom is 0.137 e. The summed E-state index contributed by atoms with van der Waals surface area (Å²) in [5, 5.41) is 2.04. The monoisotopic (exact) mass is 340 g/mol. The highest BCUT2D eigenvalue weighted by molar-refractivity contribution is 9.10. The number of carbonyl (C=O) groups excluding carboxylic acids is 1. The normalized spacial score (nSPS) is 10.6. The van der Waals surface area contributed by atoms with Crippen LogP contribution in [-0.2, 0) is 17.6 Å². The van der Waals surface area contributed by atoms with Crippen LogP contribution in [0.4, 0.5) is 4.39 Å². The molecule has 0 bridgehead atoms. The fraction of sp³-hybridized carbons (Fsp3) is 0.267. The number of rotatable bonds is 6. The molecule has 0 aliphatic carbocycles. The molecule has 0 amide bonds. The zero-order chi connectivity index (χ0) is 13.7. The Balaban J connectivity index is 1.80. The van der Waals surface area contributed by atoms with Gasteiger partial charge in [-0.15, -0.1) is 11.3 Å². The average Bonchev–Trinajstić information content (AvgIpc) is 2.80. The van der Waals surface area contributed by atoms with E-state index in [1.54, 1.807) is 17.4 Å². The van der Waals surface area contributed by atoms with Crippen molar-refractivity contribution in [3.63, 3.8) is 0 Å². The molecule has 1 aromatic carbocycles. The fourth-order valence-electron chi connectivity index (χ4n) is 1.94. The molecule has 0 unspecified atom stereocenters. The maximum absolute atomic E-state index is 13.2. The Hall–Kier alpha value is -1.00. The van der Waals surface area contributed by atoms with Crippen LogP contribution in [0, 0.1) is 5.82 Å². The van der Waals surface area contributed by atoms with Crippen molar-refractivity contribution in [3.8, 4) is 0 Å². The van der Waals surface area contributed by atoms with Gasteiger partial charge in [-0.05, 0) is 48.1 Å². The second kappa shape index (κ2) is 6.96. The second-order valence-electron chi connectivity index (χ2n) is 4.43. The lowest BCUT2D eigenvalue weighted by Crippen LogP contribution is -2.03. The maximum atomic E-state index is 13.2. The molecule has 0 aliphatic heterocycles. The van der Waals surface area contributed by atoms with Gasteiger partial charge >= 0.3 is 0 Å². The number of halogens is 2. The average molecular weight is 341 g/mol.